The van der Waals surface area contributed by atoms with Crippen LogP contribution in [0.25, 0.3) is 0 Å². The van der Waals surface area contributed by atoms with Crippen molar-refractivity contribution in [2.24, 2.45) is 0 Å². The van der Waals surface area contributed by atoms with Crippen molar-refractivity contribution in [1.82, 2.24) is 14.9 Å². The lowest BCUT2D eigenvalue weighted by molar-refractivity contribution is -0.384. The molecule has 27 heavy (non-hydrogen) atoms. The Hall–Kier alpha value is -3.43. The number of hydrogen-bond acceptors (Lipinski definition) is 6. The Morgan fingerprint density at radius 1 is 1.37 bits per heavy atom. The Morgan fingerprint density at radius 3 is 2.78 bits per heavy atom. The molecule has 9 nitrogen and oxygen atoms in total. The minimum absolute atomic E-state index is 0.0603. The van der Waals surface area contributed by atoms with E-state index in [1.807, 2.05) is 0 Å². The van der Waals surface area contributed by atoms with Gasteiger partial charge in [-0.15, -0.1) is 0 Å². The predicted octanol–water partition coefficient (Wildman–Crippen LogP) is 2.46. The number of halogens is 1. The van der Waals surface area contributed by atoms with Crippen molar-refractivity contribution in [3.63, 3.8) is 0 Å². The summed E-state index contributed by atoms with van der Waals surface area (Å²) < 4.78 is 14.7. The van der Waals surface area contributed by atoms with Gasteiger partial charge in [0.05, 0.1) is 17.2 Å². The molecule has 1 fully saturated rings. The first kappa shape index (κ1) is 18.4. The highest BCUT2D eigenvalue weighted by Gasteiger charge is 2.32. The highest BCUT2D eigenvalue weighted by molar-refractivity contribution is 6.03. The summed E-state index contributed by atoms with van der Waals surface area (Å²) in [5.41, 5.74) is -0.745. The fourth-order valence-electron chi connectivity index (χ4n) is 3.15. The van der Waals surface area contributed by atoms with Crippen LogP contribution >= 0.6 is 0 Å². The van der Waals surface area contributed by atoms with Crippen LogP contribution in [0.15, 0.2) is 30.7 Å². The SMILES string of the molecule is CC(=O)N1CCCC1c1cc([N+](=O)[O-])c(NC(=O)c2cnccn2)cc1F. The maximum Gasteiger partial charge on any atom is 0.293 e. The molecule has 2 aromatic rings. The van der Waals surface area contributed by atoms with Crippen LogP contribution in [-0.4, -0.2) is 38.2 Å². The Labute approximate surface area is 153 Å². The third kappa shape index (κ3) is 3.73. The number of nitrogens with one attached hydrogen (secondary N) is 1. The van der Waals surface area contributed by atoms with Gasteiger partial charge < -0.3 is 10.2 Å². The van der Waals surface area contributed by atoms with Gasteiger partial charge in [-0.2, -0.15) is 0 Å². The van der Waals surface area contributed by atoms with Crippen molar-refractivity contribution >= 4 is 23.2 Å². The van der Waals surface area contributed by atoms with Gasteiger partial charge in [0.15, 0.2) is 0 Å². The van der Waals surface area contributed by atoms with Gasteiger partial charge in [0.25, 0.3) is 11.6 Å². The van der Waals surface area contributed by atoms with E-state index in [9.17, 15) is 24.1 Å². The van der Waals surface area contributed by atoms with E-state index in [2.05, 4.69) is 15.3 Å². The van der Waals surface area contributed by atoms with Gasteiger partial charge in [-0.3, -0.25) is 24.7 Å². The molecule has 0 radical (unpaired) electrons. The molecule has 2 heterocycles. The molecule has 2 amide bonds. The van der Waals surface area contributed by atoms with Crippen LogP contribution in [0.5, 0.6) is 0 Å². The molecule has 1 aliphatic heterocycles. The van der Waals surface area contributed by atoms with Crippen LogP contribution in [0, 0.1) is 15.9 Å². The summed E-state index contributed by atoms with van der Waals surface area (Å²) in [6.07, 6.45) is 5.05. The number of nitrogens with zero attached hydrogens (tertiary/aromatic N) is 4. The fourth-order valence-corrected chi connectivity index (χ4v) is 3.15. The first-order valence-electron chi connectivity index (χ1n) is 8.21. The fraction of sp³-hybridized carbons (Fsp3) is 0.294. The molecular formula is C17H16FN5O4. The van der Waals surface area contributed by atoms with E-state index in [0.29, 0.717) is 19.4 Å². The first-order valence-corrected chi connectivity index (χ1v) is 8.21. The first-order chi connectivity index (χ1) is 12.9. The van der Waals surface area contributed by atoms with Crippen molar-refractivity contribution in [2.75, 3.05) is 11.9 Å². The molecule has 0 aliphatic carbocycles. The second-order valence-electron chi connectivity index (χ2n) is 6.06. The zero-order chi connectivity index (χ0) is 19.6. The Bertz CT molecular complexity index is 906. The van der Waals surface area contributed by atoms with Gasteiger partial charge in [-0.25, -0.2) is 9.37 Å². The predicted molar refractivity (Wildman–Crippen MR) is 92.4 cm³/mol. The zero-order valence-corrected chi connectivity index (χ0v) is 14.4. The van der Waals surface area contributed by atoms with Crippen molar-refractivity contribution in [2.45, 2.75) is 25.8 Å². The van der Waals surface area contributed by atoms with Gasteiger partial charge in [0.1, 0.15) is 17.2 Å². The van der Waals surface area contributed by atoms with E-state index in [4.69, 9.17) is 0 Å². The number of anilines is 1. The van der Waals surface area contributed by atoms with E-state index in [1.54, 1.807) is 0 Å². The lowest BCUT2D eigenvalue weighted by Crippen LogP contribution is -2.28. The van der Waals surface area contributed by atoms with E-state index in [0.717, 1.165) is 12.1 Å². The maximum atomic E-state index is 14.7. The van der Waals surface area contributed by atoms with Crippen LogP contribution in [0.2, 0.25) is 0 Å². The van der Waals surface area contributed by atoms with E-state index in [1.165, 1.54) is 30.4 Å². The number of carbonyl (C=O) groups is 2. The number of hydrogen-bond donors (Lipinski definition) is 1. The summed E-state index contributed by atoms with van der Waals surface area (Å²) in [6.45, 7) is 1.85. The normalized spacial score (nSPS) is 16.2. The number of carbonyl (C=O) groups excluding carboxylic acids is 2. The summed E-state index contributed by atoms with van der Waals surface area (Å²) in [7, 11) is 0. The largest absolute Gasteiger partial charge is 0.336 e. The molecule has 1 aromatic heterocycles. The minimum atomic E-state index is -0.746. The van der Waals surface area contributed by atoms with Crippen LogP contribution in [0.4, 0.5) is 15.8 Å². The molecule has 1 unspecified atom stereocenters. The summed E-state index contributed by atoms with van der Waals surface area (Å²) in [4.78, 5) is 43.7. The van der Waals surface area contributed by atoms with Gasteiger partial charge in [-0.05, 0) is 12.8 Å². The van der Waals surface area contributed by atoms with Crippen LogP contribution < -0.4 is 5.32 Å². The molecule has 140 valence electrons. The summed E-state index contributed by atoms with van der Waals surface area (Å²) in [5, 5.41) is 13.8. The van der Waals surface area contributed by atoms with Gasteiger partial charge in [-0.1, -0.05) is 0 Å². The molecule has 0 bridgehead atoms. The van der Waals surface area contributed by atoms with Gasteiger partial charge >= 0.3 is 0 Å². The molecule has 1 N–H and O–H groups in total. The van der Waals surface area contributed by atoms with Crippen molar-refractivity contribution in [3.8, 4) is 0 Å². The Kier molecular flexibility index (Phi) is 5.06. The number of aromatic nitrogens is 2. The van der Waals surface area contributed by atoms with Crippen molar-refractivity contribution in [1.29, 1.82) is 0 Å². The monoisotopic (exact) mass is 373 g/mol. The van der Waals surface area contributed by atoms with E-state index >= 15 is 0 Å². The van der Waals surface area contributed by atoms with Crippen molar-refractivity contribution < 1.29 is 18.9 Å². The lowest BCUT2D eigenvalue weighted by atomic mass is 10.0. The van der Waals surface area contributed by atoms with Crippen LogP contribution in [0.1, 0.15) is 41.9 Å². The highest BCUT2D eigenvalue weighted by atomic mass is 19.1. The highest BCUT2D eigenvalue weighted by Crippen LogP contribution is 2.38. The van der Waals surface area contributed by atoms with E-state index in [-0.39, 0.29) is 22.9 Å². The topological polar surface area (TPSA) is 118 Å². The molecular weight excluding hydrogens is 357 g/mol. The quantitative estimate of drug-likeness (QED) is 0.650. The molecule has 1 atom stereocenters. The Balaban J connectivity index is 1.97. The summed E-state index contributed by atoms with van der Waals surface area (Å²) >= 11 is 0. The van der Waals surface area contributed by atoms with Gasteiger partial charge in [0.2, 0.25) is 5.91 Å². The van der Waals surface area contributed by atoms with Crippen LogP contribution in [0.3, 0.4) is 0 Å². The third-order valence-corrected chi connectivity index (χ3v) is 4.37. The number of nitro benzene ring substituents is 1. The smallest absolute Gasteiger partial charge is 0.293 e. The number of likely N-dealkylation sites (tertiary alicyclic amines) is 1. The molecule has 1 aliphatic rings. The minimum Gasteiger partial charge on any atom is -0.336 e. The standard InChI is InChI=1S/C17H16FN5O4/c1-10(24)22-6-2-3-15(22)11-7-16(23(26)27)13(8-12(11)18)21-17(25)14-9-19-4-5-20-14/h4-5,7-9,15H,2-3,6H2,1H3,(H,21,25). The molecule has 1 aromatic carbocycles. The number of rotatable bonds is 4. The Morgan fingerprint density at radius 2 is 2.15 bits per heavy atom. The molecule has 0 spiro atoms. The molecule has 0 saturated carbocycles. The second-order valence-corrected chi connectivity index (χ2v) is 6.06. The molecule has 1 saturated heterocycles. The third-order valence-electron chi connectivity index (χ3n) is 4.37. The number of benzene rings is 1. The van der Waals surface area contributed by atoms with Crippen molar-refractivity contribution in [3.05, 3.63) is 57.9 Å². The van der Waals surface area contributed by atoms with Crippen LogP contribution in [-0.2, 0) is 4.79 Å². The molecule has 10 heteroatoms. The maximum absolute atomic E-state index is 14.7. The average Bonchev–Trinajstić information content (AvgIpc) is 3.12. The lowest BCUT2D eigenvalue weighted by Gasteiger charge is -2.24. The van der Waals surface area contributed by atoms with Gasteiger partial charge in [0, 0.05) is 43.6 Å². The average molecular weight is 373 g/mol. The molecule has 3 rings (SSSR count). The summed E-state index contributed by atoms with van der Waals surface area (Å²) in [6, 6.07) is 1.41. The summed E-state index contributed by atoms with van der Waals surface area (Å²) in [5.74, 6) is -1.70. The zero-order valence-electron chi connectivity index (χ0n) is 14.4. The number of amides is 2. The van der Waals surface area contributed by atoms with E-state index < -0.39 is 28.4 Å². The second kappa shape index (κ2) is 7.44. The number of nitro groups is 1.